The Morgan fingerprint density at radius 3 is 2.63 bits per heavy atom. The van der Waals surface area contributed by atoms with Crippen LogP contribution < -0.4 is 10.0 Å². The van der Waals surface area contributed by atoms with Crippen molar-refractivity contribution in [1.82, 2.24) is 10.0 Å². The summed E-state index contributed by atoms with van der Waals surface area (Å²) in [6.07, 6.45) is 0. The standard InChI is InChI=1S/C12H19FN2O3S/c1-10-3-4-11(9-12(10)13)19(16,17)15-6-5-14-7-8-18-2/h3-4,9,14-15H,5-8H2,1-2H3. The number of aryl methyl sites for hydroxylation is 1. The van der Waals surface area contributed by atoms with E-state index in [9.17, 15) is 12.8 Å². The second-order valence-corrected chi connectivity index (χ2v) is 5.82. The van der Waals surface area contributed by atoms with Gasteiger partial charge in [0.25, 0.3) is 0 Å². The third kappa shape index (κ3) is 5.23. The van der Waals surface area contributed by atoms with Crippen molar-refractivity contribution in [3.63, 3.8) is 0 Å². The predicted octanol–water partition coefficient (Wildman–Crippen LogP) is 0.648. The largest absolute Gasteiger partial charge is 0.383 e. The maximum Gasteiger partial charge on any atom is 0.240 e. The lowest BCUT2D eigenvalue weighted by Crippen LogP contribution is -2.33. The molecular weight excluding hydrogens is 271 g/mol. The summed E-state index contributed by atoms with van der Waals surface area (Å²) < 4.78 is 44.3. The SMILES string of the molecule is COCCNCCNS(=O)(=O)c1ccc(C)c(F)c1. The normalized spacial score (nSPS) is 11.7. The van der Waals surface area contributed by atoms with Gasteiger partial charge >= 0.3 is 0 Å². The smallest absolute Gasteiger partial charge is 0.240 e. The Morgan fingerprint density at radius 1 is 1.26 bits per heavy atom. The summed E-state index contributed by atoms with van der Waals surface area (Å²) in [7, 11) is -2.06. The van der Waals surface area contributed by atoms with Crippen molar-refractivity contribution in [1.29, 1.82) is 0 Å². The first-order chi connectivity index (χ1) is 8.97. The van der Waals surface area contributed by atoms with Gasteiger partial charge in [0, 0.05) is 26.7 Å². The van der Waals surface area contributed by atoms with Gasteiger partial charge in [0.15, 0.2) is 0 Å². The van der Waals surface area contributed by atoms with Crippen LogP contribution in [0.4, 0.5) is 4.39 Å². The van der Waals surface area contributed by atoms with Crippen LogP contribution in [-0.2, 0) is 14.8 Å². The summed E-state index contributed by atoms with van der Waals surface area (Å²) >= 11 is 0. The molecule has 0 radical (unpaired) electrons. The van der Waals surface area contributed by atoms with Gasteiger partial charge in [0.1, 0.15) is 5.82 Å². The van der Waals surface area contributed by atoms with Gasteiger partial charge in [-0.05, 0) is 24.6 Å². The molecule has 0 aliphatic carbocycles. The van der Waals surface area contributed by atoms with Gasteiger partial charge in [-0.25, -0.2) is 17.5 Å². The summed E-state index contributed by atoms with van der Waals surface area (Å²) in [5.74, 6) is -0.527. The Morgan fingerprint density at radius 2 is 2.00 bits per heavy atom. The van der Waals surface area contributed by atoms with Gasteiger partial charge in [-0.15, -0.1) is 0 Å². The second-order valence-electron chi connectivity index (χ2n) is 4.05. The van der Waals surface area contributed by atoms with Crippen LogP contribution in [-0.4, -0.2) is 41.8 Å². The molecular formula is C12H19FN2O3S. The number of sulfonamides is 1. The predicted molar refractivity (Wildman–Crippen MR) is 71.1 cm³/mol. The highest BCUT2D eigenvalue weighted by Gasteiger charge is 2.14. The highest BCUT2D eigenvalue weighted by atomic mass is 32.2. The monoisotopic (exact) mass is 290 g/mol. The van der Waals surface area contributed by atoms with Crippen LogP contribution in [0.1, 0.15) is 5.56 Å². The van der Waals surface area contributed by atoms with Crippen molar-refractivity contribution in [2.45, 2.75) is 11.8 Å². The highest BCUT2D eigenvalue weighted by Crippen LogP contribution is 2.13. The van der Waals surface area contributed by atoms with Gasteiger partial charge in [-0.3, -0.25) is 0 Å². The van der Waals surface area contributed by atoms with E-state index in [2.05, 4.69) is 10.0 Å². The van der Waals surface area contributed by atoms with E-state index in [-0.39, 0.29) is 11.4 Å². The van der Waals surface area contributed by atoms with E-state index < -0.39 is 15.8 Å². The zero-order valence-electron chi connectivity index (χ0n) is 11.1. The van der Waals surface area contributed by atoms with Gasteiger partial charge in [-0.2, -0.15) is 0 Å². The van der Waals surface area contributed by atoms with E-state index >= 15 is 0 Å². The van der Waals surface area contributed by atoms with Crippen molar-refractivity contribution in [3.8, 4) is 0 Å². The molecule has 0 saturated heterocycles. The molecule has 0 amide bonds. The van der Waals surface area contributed by atoms with Crippen LogP contribution in [0.5, 0.6) is 0 Å². The molecule has 7 heteroatoms. The number of ether oxygens (including phenoxy) is 1. The maximum atomic E-state index is 13.3. The number of nitrogens with one attached hydrogen (secondary N) is 2. The zero-order valence-corrected chi connectivity index (χ0v) is 11.9. The number of hydrogen-bond donors (Lipinski definition) is 2. The Bertz CT molecular complexity index is 506. The fourth-order valence-corrected chi connectivity index (χ4v) is 2.44. The van der Waals surface area contributed by atoms with Crippen LogP contribution >= 0.6 is 0 Å². The average Bonchev–Trinajstić information content (AvgIpc) is 2.36. The first-order valence-corrected chi connectivity index (χ1v) is 7.41. The van der Waals surface area contributed by atoms with E-state index in [4.69, 9.17) is 4.74 Å². The molecule has 2 N–H and O–H groups in total. The molecule has 0 heterocycles. The molecule has 5 nitrogen and oxygen atoms in total. The third-order valence-corrected chi connectivity index (χ3v) is 3.99. The molecule has 0 aliphatic rings. The molecule has 0 unspecified atom stereocenters. The Labute approximate surface area is 113 Å². The fraction of sp³-hybridized carbons (Fsp3) is 0.500. The van der Waals surface area contributed by atoms with Crippen LogP contribution in [0.3, 0.4) is 0 Å². The molecule has 1 aromatic rings. The first kappa shape index (κ1) is 16.0. The van der Waals surface area contributed by atoms with E-state index in [1.165, 1.54) is 12.1 Å². The molecule has 1 aromatic carbocycles. The lowest BCUT2D eigenvalue weighted by Gasteiger charge is -2.08. The average molecular weight is 290 g/mol. The maximum absolute atomic E-state index is 13.3. The van der Waals surface area contributed by atoms with Crippen molar-refractivity contribution >= 4 is 10.0 Å². The topological polar surface area (TPSA) is 67.4 Å². The first-order valence-electron chi connectivity index (χ1n) is 5.93. The Kier molecular flexibility index (Phi) is 6.36. The van der Waals surface area contributed by atoms with Crippen LogP contribution in [0.2, 0.25) is 0 Å². The number of benzene rings is 1. The molecule has 0 aliphatic heterocycles. The second kappa shape index (κ2) is 7.54. The van der Waals surface area contributed by atoms with Crippen molar-refractivity contribution in [2.24, 2.45) is 0 Å². The third-order valence-electron chi connectivity index (χ3n) is 2.53. The van der Waals surface area contributed by atoms with E-state index in [1.54, 1.807) is 14.0 Å². The van der Waals surface area contributed by atoms with Crippen LogP contribution in [0, 0.1) is 12.7 Å². The Hall–Kier alpha value is -1.02. The number of rotatable bonds is 8. The molecule has 0 atom stereocenters. The van der Waals surface area contributed by atoms with Crippen molar-refractivity contribution in [2.75, 3.05) is 33.4 Å². The summed E-state index contributed by atoms with van der Waals surface area (Å²) in [5, 5.41) is 3.00. The molecule has 0 fully saturated rings. The number of hydrogen-bond acceptors (Lipinski definition) is 4. The minimum Gasteiger partial charge on any atom is -0.383 e. The minimum atomic E-state index is -3.65. The van der Waals surface area contributed by atoms with Gasteiger partial charge in [-0.1, -0.05) is 6.07 Å². The molecule has 0 saturated carbocycles. The lowest BCUT2D eigenvalue weighted by molar-refractivity contribution is 0.199. The summed E-state index contributed by atoms with van der Waals surface area (Å²) in [4.78, 5) is -0.0625. The zero-order chi connectivity index (χ0) is 14.3. The quantitative estimate of drug-likeness (QED) is 0.690. The molecule has 0 aromatic heterocycles. The van der Waals surface area contributed by atoms with Gasteiger partial charge < -0.3 is 10.1 Å². The van der Waals surface area contributed by atoms with Crippen molar-refractivity contribution < 1.29 is 17.5 Å². The highest BCUT2D eigenvalue weighted by molar-refractivity contribution is 7.89. The van der Waals surface area contributed by atoms with Crippen LogP contribution in [0.15, 0.2) is 23.1 Å². The molecule has 108 valence electrons. The van der Waals surface area contributed by atoms with Gasteiger partial charge in [0.2, 0.25) is 10.0 Å². The summed E-state index contributed by atoms with van der Waals surface area (Å²) in [5.41, 5.74) is 0.417. The van der Waals surface area contributed by atoms with E-state index in [1.807, 2.05) is 0 Å². The summed E-state index contributed by atoms with van der Waals surface area (Å²) in [6.45, 7) is 3.52. The molecule has 19 heavy (non-hydrogen) atoms. The minimum absolute atomic E-state index is 0.0625. The number of methoxy groups -OCH3 is 1. The Balaban J connectivity index is 2.49. The van der Waals surface area contributed by atoms with Crippen LogP contribution in [0.25, 0.3) is 0 Å². The summed E-state index contributed by atoms with van der Waals surface area (Å²) in [6, 6.07) is 3.86. The number of halogens is 1. The molecule has 0 bridgehead atoms. The lowest BCUT2D eigenvalue weighted by atomic mass is 10.2. The van der Waals surface area contributed by atoms with Gasteiger partial charge in [0.05, 0.1) is 11.5 Å². The molecule has 1 rings (SSSR count). The fourth-order valence-electron chi connectivity index (χ4n) is 1.40. The van der Waals surface area contributed by atoms with E-state index in [0.29, 0.717) is 25.3 Å². The molecule has 0 spiro atoms. The van der Waals surface area contributed by atoms with E-state index in [0.717, 1.165) is 6.07 Å². The van der Waals surface area contributed by atoms with Crippen molar-refractivity contribution in [3.05, 3.63) is 29.6 Å².